The maximum Gasteiger partial charge on any atom is 0.352 e. The summed E-state index contributed by atoms with van der Waals surface area (Å²) in [6, 6.07) is 4.71. The normalized spacial score (nSPS) is 20.0. The van der Waals surface area contributed by atoms with Gasteiger partial charge in [0.2, 0.25) is 17.2 Å². The van der Waals surface area contributed by atoms with Crippen LogP contribution in [0.1, 0.15) is 18.4 Å². The predicted octanol–water partition coefficient (Wildman–Crippen LogP) is 0.137. The minimum Gasteiger partial charge on any atom is -0.477 e. The van der Waals surface area contributed by atoms with E-state index in [0.717, 1.165) is 17.2 Å². The number of hydrogen-bond acceptors (Lipinski definition) is 10. The summed E-state index contributed by atoms with van der Waals surface area (Å²) >= 11 is 2.25. The second kappa shape index (κ2) is 10.2. The number of pyridine rings is 1. The van der Waals surface area contributed by atoms with E-state index >= 15 is 0 Å². The van der Waals surface area contributed by atoms with E-state index in [2.05, 4.69) is 19.8 Å². The number of carbonyl (C=O) groups excluding carboxylic acids is 2. The van der Waals surface area contributed by atoms with E-state index in [9.17, 15) is 19.5 Å². The van der Waals surface area contributed by atoms with E-state index in [-0.39, 0.29) is 29.0 Å². The van der Waals surface area contributed by atoms with Crippen LogP contribution in [-0.2, 0) is 26.3 Å². The molecule has 0 aromatic carbocycles. The van der Waals surface area contributed by atoms with E-state index in [1.165, 1.54) is 16.7 Å². The highest BCUT2D eigenvalue weighted by atomic mass is 32.2. The summed E-state index contributed by atoms with van der Waals surface area (Å²) < 4.78 is 5.87. The van der Waals surface area contributed by atoms with Gasteiger partial charge in [0.1, 0.15) is 30.8 Å². The van der Waals surface area contributed by atoms with E-state index in [4.69, 9.17) is 10.6 Å². The van der Waals surface area contributed by atoms with Gasteiger partial charge < -0.3 is 21.0 Å². The largest absolute Gasteiger partial charge is 0.477 e. The molecule has 4 heterocycles. The van der Waals surface area contributed by atoms with Gasteiger partial charge in [0.05, 0.1) is 0 Å². The second-order valence-corrected chi connectivity index (χ2v) is 9.31. The lowest BCUT2D eigenvalue weighted by Crippen LogP contribution is -2.71. The fourth-order valence-corrected chi connectivity index (χ4v) is 5.27. The zero-order valence-corrected chi connectivity index (χ0v) is 20.4. The number of hydrogen-bond donors (Lipinski definition) is 3. The van der Waals surface area contributed by atoms with Crippen molar-refractivity contribution in [2.24, 2.45) is 12.2 Å². The van der Waals surface area contributed by atoms with Crippen molar-refractivity contribution in [3.63, 3.8) is 0 Å². The lowest BCUT2D eigenvalue weighted by Gasteiger charge is -2.49. The number of oxime groups is 1. The minimum absolute atomic E-state index is 0.0222. The number of nitrogens with zero attached hydrogens (tertiary/aromatic N) is 5. The van der Waals surface area contributed by atoms with Gasteiger partial charge in [-0.05, 0) is 24.6 Å². The van der Waals surface area contributed by atoms with Crippen molar-refractivity contribution in [2.75, 3.05) is 18.1 Å². The zero-order chi connectivity index (χ0) is 25.1. The quantitative estimate of drug-likeness (QED) is 0.192. The van der Waals surface area contributed by atoms with Gasteiger partial charge in [-0.25, -0.2) is 9.36 Å². The molecule has 1 fully saturated rings. The highest BCUT2D eigenvalue weighted by Gasteiger charge is 2.54. The number of β-lactam (4-membered cyclic amide) rings is 1. The molecule has 182 valence electrons. The summed E-state index contributed by atoms with van der Waals surface area (Å²) in [7, 11) is 1.88. The zero-order valence-electron chi connectivity index (χ0n) is 18.7. The molecule has 0 aliphatic carbocycles. The van der Waals surface area contributed by atoms with E-state index in [1.54, 1.807) is 19.1 Å². The number of nitrogen functional groups attached to an aromatic ring is 1. The Morgan fingerprint density at radius 1 is 1.43 bits per heavy atom. The molecule has 4 N–H and O–H groups in total. The van der Waals surface area contributed by atoms with Gasteiger partial charge in [-0.1, -0.05) is 5.16 Å². The highest BCUT2D eigenvalue weighted by molar-refractivity contribution is 8.00. The van der Waals surface area contributed by atoms with Crippen LogP contribution in [0.4, 0.5) is 5.13 Å². The average molecular weight is 517 g/mol. The van der Waals surface area contributed by atoms with E-state index < -0.39 is 29.2 Å². The fraction of sp³-hybridized carbons (Fsp3) is 0.286. The SMILES string of the molecule is CCON=C(C(=O)NC1C(=O)N2C(C(=O)O)=C(C=Cc3cccc[n+]3C)CS[C@H]12)c1nsc(N)n1. The molecule has 0 bridgehead atoms. The molecule has 2 aromatic rings. The van der Waals surface area contributed by atoms with E-state index in [1.807, 2.05) is 36.0 Å². The van der Waals surface area contributed by atoms with Gasteiger partial charge in [0.25, 0.3) is 11.8 Å². The van der Waals surface area contributed by atoms with Gasteiger partial charge in [0.15, 0.2) is 11.3 Å². The number of anilines is 1. The number of allylic oxidation sites excluding steroid dienone is 1. The third-order valence-electron chi connectivity index (χ3n) is 5.19. The highest BCUT2D eigenvalue weighted by Crippen LogP contribution is 2.40. The van der Waals surface area contributed by atoms with Gasteiger partial charge in [-0.15, -0.1) is 11.8 Å². The molecular weight excluding hydrogens is 494 g/mol. The van der Waals surface area contributed by atoms with Crippen molar-refractivity contribution in [1.29, 1.82) is 0 Å². The van der Waals surface area contributed by atoms with Crippen LogP contribution >= 0.6 is 23.3 Å². The number of carbonyl (C=O) groups is 3. The van der Waals surface area contributed by atoms with Crippen molar-refractivity contribution >= 4 is 58.0 Å². The lowest BCUT2D eigenvalue weighted by atomic mass is 10.0. The van der Waals surface area contributed by atoms with Crippen LogP contribution < -0.4 is 15.6 Å². The Hall–Kier alpha value is -3.78. The number of carboxylic acids is 1. The van der Waals surface area contributed by atoms with Crippen LogP contribution in [0.15, 0.2) is 46.9 Å². The average Bonchev–Trinajstić information content (AvgIpc) is 3.27. The first kappa shape index (κ1) is 24.3. The molecule has 2 atom stereocenters. The molecule has 2 aromatic heterocycles. The van der Waals surface area contributed by atoms with E-state index in [0.29, 0.717) is 11.3 Å². The molecule has 35 heavy (non-hydrogen) atoms. The Morgan fingerprint density at radius 2 is 2.23 bits per heavy atom. The number of nitrogens with one attached hydrogen (secondary N) is 1. The Labute approximate surface area is 208 Å². The number of nitrogens with two attached hydrogens (primary N) is 1. The molecule has 0 spiro atoms. The number of aryl methyl sites for hydroxylation is 1. The van der Waals surface area contributed by atoms with Crippen molar-refractivity contribution in [2.45, 2.75) is 18.3 Å². The van der Waals surface area contributed by atoms with Crippen LogP contribution in [0, 0.1) is 0 Å². The second-order valence-electron chi connectivity index (χ2n) is 7.42. The summed E-state index contributed by atoms with van der Waals surface area (Å²) in [4.78, 5) is 48.1. The standard InChI is InChI=1S/C21H21N7O5S2/c1-3-33-25-13(16-24-21(22)35-26-16)17(29)23-14-18(30)28-15(20(31)32)11(10-34-19(14)28)7-8-12-6-4-5-9-27(12)2/h4-9,14,19H,3,10H2,1-2H3,(H3-,22,23,24,26,29,31,32)/p+1/t14?,19-/m1/s1. The maximum absolute atomic E-state index is 12.9. The van der Waals surface area contributed by atoms with Gasteiger partial charge >= 0.3 is 5.97 Å². The first-order valence-electron chi connectivity index (χ1n) is 10.5. The molecule has 1 unspecified atom stereocenters. The number of carboxylic acid groups (broad SMARTS) is 1. The first-order chi connectivity index (χ1) is 16.8. The number of aromatic nitrogens is 3. The third-order valence-corrected chi connectivity index (χ3v) is 7.04. The Balaban J connectivity index is 1.54. The van der Waals surface area contributed by atoms with Crippen LogP contribution in [0.3, 0.4) is 0 Å². The number of amides is 2. The molecule has 1 saturated heterocycles. The molecule has 2 amide bonds. The van der Waals surface area contributed by atoms with Crippen LogP contribution in [-0.4, -0.2) is 66.6 Å². The summed E-state index contributed by atoms with van der Waals surface area (Å²) in [5.74, 6) is -2.15. The maximum atomic E-state index is 12.9. The topological polar surface area (TPSA) is 164 Å². The number of rotatable bonds is 8. The lowest BCUT2D eigenvalue weighted by molar-refractivity contribution is -0.673. The fourth-order valence-electron chi connectivity index (χ4n) is 3.52. The van der Waals surface area contributed by atoms with Crippen molar-refractivity contribution in [1.82, 2.24) is 19.6 Å². The third kappa shape index (κ3) is 4.88. The molecule has 0 radical (unpaired) electrons. The predicted molar refractivity (Wildman–Crippen MR) is 129 cm³/mol. The Bertz CT molecular complexity index is 1270. The van der Waals surface area contributed by atoms with Crippen molar-refractivity contribution < 1.29 is 28.9 Å². The summed E-state index contributed by atoms with van der Waals surface area (Å²) in [6.45, 7) is 1.90. The summed E-state index contributed by atoms with van der Waals surface area (Å²) in [5, 5.41) is 15.8. The van der Waals surface area contributed by atoms with Crippen molar-refractivity contribution in [3.8, 4) is 0 Å². The Kier molecular flexibility index (Phi) is 7.12. The molecule has 12 nitrogen and oxygen atoms in total. The molecule has 2 aliphatic heterocycles. The summed E-state index contributed by atoms with van der Waals surface area (Å²) in [6.07, 6.45) is 5.38. The Morgan fingerprint density at radius 3 is 2.89 bits per heavy atom. The summed E-state index contributed by atoms with van der Waals surface area (Å²) in [5.41, 5.74) is 6.65. The van der Waals surface area contributed by atoms with Crippen molar-refractivity contribution in [3.05, 3.63) is 53.3 Å². The molecule has 14 heteroatoms. The molecule has 4 rings (SSSR count). The van der Waals surface area contributed by atoms with Gasteiger partial charge in [-0.2, -0.15) is 9.36 Å². The van der Waals surface area contributed by atoms with Gasteiger partial charge in [0, 0.05) is 35.5 Å². The number of fused-ring (bicyclic) bond motifs is 1. The first-order valence-corrected chi connectivity index (χ1v) is 12.3. The smallest absolute Gasteiger partial charge is 0.352 e. The number of aliphatic carboxylic acids is 1. The molecule has 2 aliphatic rings. The van der Waals surface area contributed by atoms with Crippen LogP contribution in [0.2, 0.25) is 0 Å². The monoisotopic (exact) mass is 516 g/mol. The van der Waals surface area contributed by atoms with Crippen LogP contribution in [0.25, 0.3) is 6.08 Å². The molecule has 0 saturated carbocycles. The van der Waals surface area contributed by atoms with Crippen LogP contribution in [0.5, 0.6) is 0 Å². The molecular formula is C21H22N7O5S2+. The van der Waals surface area contributed by atoms with Gasteiger partial charge in [-0.3, -0.25) is 14.5 Å². The number of thioether (sulfide) groups is 1. The minimum atomic E-state index is -1.22.